The molecule has 1 saturated carbocycles. The molecule has 1 aliphatic rings. The van der Waals surface area contributed by atoms with Gasteiger partial charge >= 0.3 is 0 Å². The Kier molecular flexibility index (Phi) is 3.35. The van der Waals surface area contributed by atoms with Crippen molar-refractivity contribution in [1.29, 1.82) is 0 Å². The van der Waals surface area contributed by atoms with E-state index in [2.05, 4.69) is 4.72 Å². The molecule has 1 heterocycles. The van der Waals surface area contributed by atoms with Crippen LogP contribution in [-0.4, -0.2) is 14.5 Å². The summed E-state index contributed by atoms with van der Waals surface area (Å²) in [5.74, 6) is -0.151. The fourth-order valence-corrected chi connectivity index (χ4v) is 3.65. The maximum Gasteiger partial charge on any atom is 0.244 e. The second-order valence-corrected chi connectivity index (χ2v) is 6.68. The van der Waals surface area contributed by atoms with Gasteiger partial charge in [0.25, 0.3) is 0 Å². The average Bonchev–Trinajstić information content (AvgIpc) is 2.89. The largest absolute Gasteiger partial charge is 0.471 e. The van der Waals surface area contributed by atoms with Crippen molar-refractivity contribution < 1.29 is 17.2 Å². The summed E-state index contributed by atoms with van der Waals surface area (Å²) in [5.41, 5.74) is 0.659. The van der Waals surface area contributed by atoms with Gasteiger partial charge in [-0.05, 0) is 36.5 Å². The van der Waals surface area contributed by atoms with Gasteiger partial charge in [0.1, 0.15) is 17.0 Å². The van der Waals surface area contributed by atoms with Crippen LogP contribution in [-0.2, 0) is 10.0 Å². The number of hydrogen-bond acceptors (Lipinski definition) is 3. The molecule has 0 unspecified atom stereocenters. The first-order valence-electron chi connectivity index (χ1n) is 6.35. The summed E-state index contributed by atoms with van der Waals surface area (Å²) in [6, 6.07) is 7.87. The zero-order valence-corrected chi connectivity index (χ0v) is 11.4. The number of hydrogen-bond donors (Lipinski definition) is 1. The average molecular weight is 295 g/mol. The molecule has 0 spiro atoms. The van der Waals surface area contributed by atoms with Gasteiger partial charge in [-0.3, -0.25) is 0 Å². The van der Waals surface area contributed by atoms with Crippen LogP contribution in [0.5, 0.6) is 0 Å². The normalized spacial score (nSPS) is 22.4. The first-order valence-corrected chi connectivity index (χ1v) is 7.83. The monoisotopic (exact) mass is 295 g/mol. The maximum absolute atomic E-state index is 13.6. The Bertz CT molecular complexity index is 691. The third-order valence-corrected chi connectivity index (χ3v) is 5.11. The zero-order valence-electron chi connectivity index (χ0n) is 10.6. The van der Waals surface area contributed by atoms with E-state index in [9.17, 15) is 12.8 Å². The van der Waals surface area contributed by atoms with Gasteiger partial charge in [-0.2, -0.15) is 0 Å². The van der Waals surface area contributed by atoms with Crippen molar-refractivity contribution in [3.8, 4) is 0 Å². The lowest BCUT2D eigenvalue weighted by Crippen LogP contribution is -2.43. The standard InChI is InChI=1S/C14H14FNO3S/c15-14-4-2-1-3-13(14)10-7-11(8-10)16-20(17,18)12-5-6-19-9-12/h1-6,9-11,16H,7-8H2. The Morgan fingerprint density at radius 3 is 2.60 bits per heavy atom. The van der Waals surface area contributed by atoms with Crippen LogP contribution in [0.2, 0.25) is 0 Å². The van der Waals surface area contributed by atoms with E-state index in [0.717, 1.165) is 0 Å². The zero-order chi connectivity index (χ0) is 14.2. The topological polar surface area (TPSA) is 59.3 Å². The molecule has 0 saturated heterocycles. The lowest BCUT2D eigenvalue weighted by molar-refractivity contribution is 0.319. The van der Waals surface area contributed by atoms with Gasteiger partial charge in [-0.1, -0.05) is 18.2 Å². The Balaban J connectivity index is 1.63. The molecule has 1 aromatic heterocycles. The van der Waals surface area contributed by atoms with Crippen LogP contribution in [0.4, 0.5) is 4.39 Å². The molecule has 1 aromatic carbocycles. The fourth-order valence-electron chi connectivity index (χ4n) is 2.47. The van der Waals surface area contributed by atoms with Crippen LogP contribution < -0.4 is 4.72 Å². The molecular weight excluding hydrogens is 281 g/mol. The predicted octanol–water partition coefficient (Wildman–Crippen LogP) is 2.64. The number of rotatable bonds is 4. The molecular formula is C14H14FNO3S. The first-order chi connectivity index (χ1) is 9.56. The first kappa shape index (κ1) is 13.3. The summed E-state index contributed by atoms with van der Waals surface area (Å²) in [6.07, 6.45) is 3.73. The minimum atomic E-state index is -3.53. The summed E-state index contributed by atoms with van der Waals surface area (Å²) in [7, 11) is -3.53. The minimum absolute atomic E-state index is 0.0771. The van der Waals surface area contributed by atoms with Crippen molar-refractivity contribution in [2.75, 3.05) is 0 Å². The van der Waals surface area contributed by atoms with E-state index < -0.39 is 10.0 Å². The van der Waals surface area contributed by atoms with Gasteiger partial charge in [-0.25, -0.2) is 17.5 Å². The van der Waals surface area contributed by atoms with Crippen LogP contribution in [0.15, 0.2) is 52.2 Å². The molecule has 106 valence electrons. The van der Waals surface area contributed by atoms with Gasteiger partial charge < -0.3 is 4.42 Å². The summed E-state index contributed by atoms with van der Waals surface area (Å²) >= 11 is 0. The van der Waals surface area contributed by atoms with Crippen LogP contribution in [0.1, 0.15) is 24.3 Å². The van der Waals surface area contributed by atoms with Gasteiger partial charge in [0, 0.05) is 6.04 Å². The van der Waals surface area contributed by atoms with Crippen molar-refractivity contribution in [2.45, 2.75) is 29.7 Å². The Morgan fingerprint density at radius 2 is 1.95 bits per heavy atom. The molecule has 3 rings (SSSR count). The molecule has 2 aromatic rings. The van der Waals surface area contributed by atoms with E-state index in [1.165, 1.54) is 24.7 Å². The molecule has 0 atom stereocenters. The lowest BCUT2D eigenvalue weighted by Gasteiger charge is -2.35. The smallest absolute Gasteiger partial charge is 0.244 e. The van der Waals surface area contributed by atoms with Crippen LogP contribution in [0.25, 0.3) is 0 Å². The number of sulfonamides is 1. The van der Waals surface area contributed by atoms with Crippen LogP contribution in [0, 0.1) is 5.82 Å². The number of nitrogens with one attached hydrogen (secondary N) is 1. The highest BCUT2D eigenvalue weighted by atomic mass is 32.2. The molecule has 1 N–H and O–H groups in total. The van der Waals surface area contributed by atoms with Crippen molar-refractivity contribution in [3.63, 3.8) is 0 Å². The van der Waals surface area contributed by atoms with Crippen molar-refractivity contribution in [2.24, 2.45) is 0 Å². The molecule has 0 radical (unpaired) electrons. The molecule has 1 aliphatic carbocycles. The van der Waals surface area contributed by atoms with Gasteiger partial charge in [0.05, 0.1) is 6.26 Å². The number of halogens is 1. The maximum atomic E-state index is 13.6. The molecule has 6 heteroatoms. The molecule has 20 heavy (non-hydrogen) atoms. The Hall–Kier alpha value is -1.66. The Labute approximate surface area is 116 Å². The van der Waals surface area contributed by atoms with E-state index in [1.54, 1.807) is 18.2 Å². The van der Waals surface area contributed by atoms with E-state index in [0.29, 0.717) is 18.4 Å². The van der Waals surface area contributed by atoms with Gasteiger partial charge in [0.2, 0.25) is 10.0 Å². The SMILES string of the molecule is O=S(=O)(NC1CC(c2ccccc2F)C1)c1ccoc1. The predicted molar refractivity (Wildman–Crippen MR) is 71.2 cm³/mol. The van der Waals surface area contributed by atoms with E-state index in [1.807, 2.05) is 0 Å². The molecule has 1 fully saturated rings. The minimum Gasteiger partial charge on any atom is -0.471 e. The number of benzene rings is 1. The van der Waals surface area contributed by atoms with Crippen LogP contribution in [0.3, 0.4) is 0 Å². The fraction of sp³-hybridized carbons (Fsp3) is 0.286. The molecule has 0 bridgehead atoms. The highest BCUT2D eigenvalue weighted by molar-refractivity contribution is 7.89. The van der Waals surface area contributed by atoms with Crippen molar-refractivity contribution in [3.05, 3.63) is 54.2 Å². The second kappa shape index (κ2) is 5.03. The Morgan fingerprint density at radius 1 is 1.20 bits per heavy atom. The van der Waals surface area contributed by atoms with E-state index in [4.69, 9.17) is 4.42 Å². The van der Waals surface area contributed by atoms with E-state index in [-0.39, 0.29) is 22.7 Å². The molecule has 0 aliphatic heterocycles. The van der Waals surface area contributed by atoms with Gasteiger partial charge in [-0.15, -0.1) is 0 Å². The van der Waals surface area contributed by atoms with Crippen LogP contribution >= 0.6 is 0 Å². The third kappa shape index (κ3) is 2.48. The highest BCUT2D eigenvalue weighted by Gasteiger charge is 2.34. The van der Waals surface area contributed by atoms with Gasteiger partial charge in [0.15, 0.2) is 0 Å². The summed E-state index contributed by atoms with van der Waals surface area (Å²) in [4.78, 5) is 0.117. The van der Waals surface area contributed by atoms with E-state index >= 15 is 0 Å². The lowest BCUT2D eigenvalue weighted by atomic mass is 9.76. The molecule has 4 nitrogen and oxygen atoms in total. The summed E-state index contributed by atoms with van der Waals surface area (Å²) in [5, 5.41) is 0. The number of furan rings is 1. The molecule has 0 amide bonds. The third-order valence-electron chi connectivity index (χ3n) is 3.61. The quantitative estimate of drug-likeness (QED) is 0.943. The highest BCUT2D eigenvalue weighted by Crippen LogP contribution is 2.38. The van der Waals surface area contributed by atoms with Crippen molar-refractivity contribution in [1.82, 2.24) is 4.72 Å². The summed E-state index contributed by atoms with van der Waals surface area (Å²) < 4.78 is 44.9. The van der Waals surface area contributed by atoms with Crippen molar-refractivity contribution >= 4 is 10.0 Å². The summed E-state index contributed by atoms with van der Waals surface area (Å²) in [6.45, 7) is 0. The second-order valence-electron chi connectivity index (χ2n) is 4.97.